The first-order chi connectivity index (χ1) is 20.7. The highest BCUT2D eigenvalue weighted by Gasteiger charge is 2.35. The zero-order valence-electron chi connectivity index (χ0n) is 24.9. The Labute approximate surface area is 246 Å². The lowest BCUT2D eigenvalue weighted by atomic mass is 9.86. The second-order valence-electron chi connectivity index (χ2n) is 14.1. The predicted molar refractivity (Wildman–Crippen MR) is 164 cm³/mol. The van der Waals surface area contributed by atoms with Crippen LogP contribution in [0.1, 0.15) is 74.9 Å². The molecule has 0 fully saturated rings. The quantitative estimate of drug-likeness (QED) is 0.224. The zero-order chi connectivity index (χ0) is 30.8. The fourth-order valence-electron chi connectivity index (χ4n) is 6.97. The van der Waals surface area contributed by atoms with E-state index in [1.54, 1.807) is 33.1 Å². The minimum Gasteiger partial charge on any atom is -0.405 e. The molecule has 2 aromatic carbocycles. The molecule has 0 N–H and O–H groups in total. The van der Waals surface area contributed by atoms with Crippen molar-refractivity contribution in [3.05, 3.63) is 99.3 Å². The summed E-state index contributed by atoms with van der Waals surface area (Å²) >= 11 is 0. The molecule has 0 saturated carbocycles. The highest BCUT2D eigenvalue weighted by molar-refractivity contribution is 6.00. The van der Waals surface area contributed by atoms with Gasteiger partial charge in [-0.25, -0.2) is 28.0 Å². The Morgan fingerprint density at radius 2 is 0.727 bits per heavy atom. The maximum absolute atomic E-state index is 13.4. The van der Waals surface area contributed by atoms with Gasteiger partial charge in [0.1, 0.15) is 0 Å². The standard InChI is InChI=1S/C34H26N2O8/c1-33(2,3)13-7-19-23-20(8-13)30(38)42-26-16-12-18-17(11-15(16)25(35(23)26)41-29(19)37)27-36-24-21(31(39)43-27)9-14(34(4,5)6)10-22(24)32(40)44-28(18)36/h7-10H,11-12H2,1-6H3. The highest BCUT2D eigenvalue weighted by atomic mass is 16.4. The smallest absolute Gasteiger partial charge is 0.347 e. The Hall–Kier alpha value is -5.12. The molecule has 9 rings (SSSR count). The molecule has 0 unspecified atom stereocenters. The van der Waals surface area contributed by atoms with Gasteiger partial charge in [0, 0.05) is 35.1 Å². The number of hydrogen-bond donors (Lipinski definition) is 0. The Balaban J connectivity index is 1.38. The molecule has 6 heterocycles. The second kappa shape index (κ2) is 7.50. The molecule has 0 aliphatic heterocycles. The van der Waals surface area contributed by atoms with Crippen molar-refractivity contribution in [2.75, 3.05) is 0 Å². The number of benzene rings is 2. The minimum absolute atomic E-state index is 0.195. The lowest BCUT2D eigenvalue weighted by molar-refractivity contribution is 0.521. The van der Waals surface area contributed by atoms with Crippen molar-refractivity contribution < 1.29 is 17.7 Å². The van der Waals surface area contributed by atoms with Crippen molar-refractivity contribution in [3.63, 3.8) is 0 Å². The molecule has 0 atom stereocenters. The van der Waals surface area contributed by atoms with Crippen LogP contribution in [0.5, 0.6) is 0 Å². The first kappa shape index (κ1) is 25.4. The van der Waals surface area contributed by atoms with Crippen LogP contribution in [0.4, 0.5) is 0 Å². The van der Waals surface area contributed by atoms with Crippen LogP contribution in [-0.4, -0.2) is 8.80 Å². The van der Waals surface area contributed by atoms with Gasteiger partial charge in [0.15, 0.2) is 0 Å². The molecule has 0 amide bonds. The topological polar surface area (TPSA) is 130 Å². The van der Waals surface area contributed by atoms with Gasteiger partial charge in [0.05, 0.1) is 32.6 Å². The SMILES string of the molecule is CC(C)(C)c1cc2c(=O)oc3c4c(c5oc(=O)c(c1)c2n35)Cc1c(c2oc(=O)c3cc(C(C)(C)C)cc5c(=O)oc1n2c35)C4. The molecule has 44 heavy (non-hydrogen) atoms. The summed E-state index contributed by atoms with van der Waals surface area (Å²) < 4.78 is 27.2. The summed E-state index contributed by atoms with van der Waals surface area (Å²) in [6.45, 7) is 12.0. The number of hydrogen-bond acceptors (Lipinski definition) is 8. The summed E-state index contributed by atoms with van der Waals surface area (Å²) in [5.74, 6) is 0. The van der Waals surface area contributed by atoms with E-state index in [0.717, 1.165) is 11.1 Å². The summed E-state index contributed by atoms with van der Waals surface area (Å²) in [6.07, 6.45) is 0.390. The number of fused-ring (bicyclic) bond motifs is 6. The van der Waals surface area contributed by atoms with E-state index in [-0.39, 0.29) is 46.5 Å². The number of rotatable bonds is 0. The molecule has 6 aromatic heterocycles. The zero-order valence-corrected chi connectivity index (χ0v) is 24.9. The maximum Gasteiger partial charge on any atom is 0.347 e. The van der Waals surface area contributed by atoms with Crippen molar-refractivity contribution in [1.82, 2.24) is 8.80 Å². The Morgan fingerprint density at radius 3 is 0.955 bits per heavy atom. The third-order valence-electron chi connectivity index (χ3n) is 9.32. The van der Waals surface area contributed by atoms with Gasteiger partial charge >= 0.3 is 22.5 Å². The van der Waals surface area contributed by atoms with Crippen LogP contribution >= 0.6 is 0 Å². The van der Waals surface area contributed by atoms with E-state index in [4.69, 9.17) is 17.7 Å². The maximum atomic E-state index is 13.4. The minimum atomic E-state index is -0.557. The van der Waals surface area contributed by atoms with Crippen LogP contribution in [0.2, 0.25) is 0 Å². The summed E-state index contributed by atoms with van der Waals surface area (Å²) in [5.41, 5.74) is 3.25. The Morgan fingerprint density at radius 1 is 0.477 bits per heavy atom. The first-order valence-electron chi connectivity index (χ1n) is 14.5. The van der Waals surface area contributed by atoms with E-state index in [0.29, 0.717) is 54.8 Å². The Bertz CT molecular complexity index is 2460. The average molecular weight is 591 g/mol. The van der Waals surface area contributed by atoms with Gasteiger partial charge < -0.3 is 17.7 Å². The van der Waals surface area contributed by atoms with Crippen molar-refractivity contribution in [1.29, 1.82) is 0 Å². The number of nitrogens with zero attached hydrogens (tertiary/aromatic N) is 2. The molecule has 1 aliphatic carbocycles. The number of aromatic nitrogens is 2. The average Bonchev–Trinajstić information content (AvgIpc) is 3.42. The predicted octanol–water partition coefficient (Wildman–Crippen LogP) is 5.58. The summed E-state index contributed by atoms with van der Waals surface area (Å²) in [7, 11) is 0. The van der Waals surface area contributed by atoms with Crippen molar-refractivity contribution >= 4 is 55.4 Å². The van der Waals surface area contributed by atoms with E-state index in [1.807, 2.05) is 41.5 Å². The van der Waals surface area contributed by atoms with Gasteiger partial charge in [-0.1, -0.05) is 41.5 Å². The molecule has 10 heteroatoms. The van der Waals surface area contributed by atoms with E-state index >= 15 is 0 Å². The lowest BCUT2D eigenvalue weighted by Crippen LogP contribution is -2.16. The molecule has 10 nitrogen and oxygen atoms in total. The van der Waals surface area contributed by atoms with Crippen LogP contribution in [0, 0.1) is 0 Å². The van der Waals surface area contributed by atoms with Gasteiger partial charge in [0.2, 0.25) is 22.9 Å². The van der Waals surface area contributed by atoms with Gasteiger partial charge in [-0.3, -0.25) is 0 Å². The van der Waals surface area contributed by atoms with Crippen LogP contribution in [-0.2, 0) is 23.7 Å². The molecular weight excluding hydrogens is 564 g/mol. The van der Waals surface area contributed by atoms with Crippen molar-refractivity contribution in [2.45, 2.75) is 65.2 Å². The molecule has 0 bridgehead atoms. The van der Waals surface area contributed by atoms with E-state index in [1.165, 1.54) is 0 Å². The summed E-state index contributed by atoms with van der Waals surface area (Å²) in [6, 6.07) is 7.10. The van der Waals surface area contributed by atoms with Gasteiger partial charge in [-0.05, 0) is 46.2 Å². The van der Waals surface area contributed by atoms with E-state index < -0.39 is 22.5 Å². The fourth-order valence-corrected chi connectivity index (χ4v) is 6.97. The Kier molecular flexibility index (Phi) is 4.33. The molecule has 0 spiro atoms. The molecule has 8 aromatic rings. The van der Waals surface area contributed by atoms with Gasteiger partial charge in [0.25, 0.3) is 0 Å². The molecule has 0 saturated heterocycles. The first-order valence-corrected chi connectivity index (χ1v) is 14.5. The molecular formula is C34H26N2O8. The highest BCUT2D eigenvalue weighted by Crippen LogP contribution is 2.42. The third-order valence-corrected chi connectivity index (χ3v) is 9.32. The summed E-state index contributed by atoms with van der Waals surface area (Å²) in [4.78, 5) is 53.7. The largest absolute Gasteiger partial charge is 0.405 e. The molecule has 0 radical (unpaired) electrons. The van der Waals surface area contributed by atoms with Gasteiger partial charge in [-0.2, -0.15) is 0 Å². The monoisotopic (exact) mass is 590 g/mol. The summed E-state index contributed by atoms with van der Waals surface area (Å²) in [5, 5.41) is 1.17. The van der Waals surface area contributed by atoms with Crippen LogP contribution in [0.15, 0.2) is 61.1 Å². The van der Waals surface area contributed by atoms with Crippen molar-refractivity contribution in [2.24, 2.45) is 0 Å². The normalized spacial score (nSPS) is 14.3. The third kappa shape index (κ3) is 2.95. The molecule has 1 aliphatic rings. The second-order valence-corrected chi connectivity index (χ2v) is 14.1. The fraction of sp³-hybridized carbons (Fsp3) is 0.294. The lowest BCUT2D eigenvalue weighted by Gasteiger charge is -2.20. The molecule has 220 valence electrons. The van der Waals surface area contributed by atoms with Crippen molar-refractivity contribution in [3.8, 4) is 0 Å². The van der Waals surface area contributed by atoms with Crippen LogP contribution < -0.4 is 22.5 Å². The van der Waals surface area contributed by atoms with Gasteiger partial charge in [-0.15, -0.1) is 0 Å². The van der Waals surface area contributed by atoms with Crippen LogP contribution in [0.3, 0.4) is 0 Å². The van der Waals surface area contributed by atoms with E-state index in [2.05, 4.69) is 0 Å². The van der Waals surface area contributed by atoms with Crippen LogP contribution in [0.25, 0.3) is 55.4 Å². The van der Waals surface area contributed by atoms with E-state index in [9.17, 15) is 19.2 Å².